The van der Waals surface area contributed by atoms with Crippen molar-refractivity contribution in [1.82, 2.24) is 14.8 Å². The fourth-order valence-electron chi connectivity index (χ4n) is 3.25. The number of carbonyl (C=O) groups excluding carboxylic acids is 1. The minimum Gasteiger partial charge on any atom is -0.484 e. The molecule has 1 aliphatic rings. The molecule has 2 heterocycles. The summed E-state index contributed by atoms with van der Waals surface area (Å²) in [7, 11) is 2.03. The molecule has 26 heavy (non-hydrogen) atoms. The molecule has 2 aromatic rings. The van der Waals surface area contributed by atoms with E-state index in [9.17, 15) is 4.79 Å². The monoisotopic (exact) mass is 357 g/mol. The van der Waals surface area contributed by atoms with Gasteiger partial charge in [0.05, 0.1) is 19.3 Å². The average Bonchev–Trinajstić information content (AvgIpc) is 3.08. The van der Waals surface area contributed by atoms with E-state index in [-0.39, 0.29) is 18.6 Å². The number of para-hydroxylation sites is 1. The molecule has 6 heteroatoms. The van der Waals surface area contributed by atoms with Gasteiger partial charge < -0.3 is 19.4 Å². The molecule has 0 saturated carbocycles. The third-order valence-corrected chi connectivity index (χ3v) is 4.76. The largest absolute Gasteiger partial charge is 0.484 e. The van der Waals surface area contributed by atoms with Gasteiger partial charge in [-0.05, 0) is 30.7 Å². The number of rotatable bonds is 7. The second kappa shape index (κ2) is 8.87. The predicted molar refractivity (Wildman–Crippen MR) is 100 cm³/mol. The molecule has 0 spiro atoms. The molecule has 1 N–H and O–H groups in total. The normalized spacial score (nSPS) is 16.2. The van der Waals surface area contributed by atoms with Crippen LogP contribution in [0.4, 0.5) is 0 Å². The van der Waals surface area contributed by atoms with E-state index in [1.54, 1.807) is 0 Å². The molecular weight excluding hydrogens is 330 g/mol. The first kappa shape index (κ1) is 18.5. The summed E-state index contributed by atoms with van der Waals surface area (Å²) in [4.78, 5) is 14.6. The van der Waals surface area contributed by atoms with Crippen LogP contribution < -0.4 is 10.1 Å². The summed E-state index contributed by atoms with van der Waals surface area (Å²) < 4.78 is 13.2. The Balaban J connectivity index is 1.57. The molecular formula is C20H27N3O3. The van der Waals surface area contributed by atoms with Crippen molar-refractivity contribution in [2.45, 2.75) is 13.0 Å². The van der Waals surface area contributed by atoms with Crippen LogP contribution in [0.5, 0.6) is 5.75 Å². The van der Waals surface area contributed by atoms with E-state index in [2.05, 4.69) is 20.9 Å². The third-order valence-electron chi connectivity index (χ3n) is 4.76. The van der Waals surface area contributed by atoms with Crippen LogP contribution in [0.1, 0.15) is 17.3 Å². The van der Waals surface area contributed by atoms with E-state index in [0.29, 0.717) is 6.54 Å². The van der Waals surface area contributed by atoms with Crippen molar-refractivity contribution in [3.8, 4) is 5.75 Å². The van der Waals surface area contributed by atoms with Crippen LogP contribution in [0.3, 0.4) is 0 Å². The molecule has 1 fully saturated rings. The first-order chi connectivity index (χ1) is 12.6. The van der Waals surface area contributed by atoms with Gasteiger partial charge in [-0.1, -0.05) is 18.2 Å². The molecule has 1 aliphatic heterocycles. The van der Waals surface area contributed by atoms with Gasteiger partial charge in [0.1, 0.15) is 5.75 Å². The molecule has 140 valence electrons. The number of hydrogen-bond donors (Lipinski definition) is 1. The standard InChI is InChI=1S/C20H27N3O3/c1-16-6-3-4-8-19(16)26-15-20(24)21-14-18(17-7-5-9-22(17)2)23-10-12-25-13-11-23/h3-9,18H,10-15H2,1-2H3,(H,21,24). The Bertz CT molecular complexity index is 723. The minimum absolute atomic E-state index is 0.0216. The Kier molecular flexibility index (Phi) is 6.30. The molecule has 1 saturated heterocycles. The number of nitrogens with zero attached hydrogens (tertiary/aromatic N) is 2. The summed E-state index contributed by atoms with van der Waals surface area (Å²) in [6.07, 6.45) is 2.03. The van der Waals surface area contributed by atoms with Crippen molar-refractivity contribution in [3.63, 3.8) is 0 Å². The maximum Gasteiger partial charge on any atom is 0.258 e. The van der Waals surface area contributed by atoms with E-state index in [4.69, 9.17) is 9.47 Å². The lowest BCUT2D eigenvalue weighted by atomic mass is 10.1. The molecule has 1 unspecified atom stereocenters. The van der Waals surface area contributed by atoms with Gasteiger partial charge >= 0.3 is 0 Å². The Morgan fingerprint density at radius 3 is 2.69 bits per heavy atom. The number of aryl methyl sites for hydroxylation is 2. The molecule has 6 nitrogen and oxygen atoms in total. The first-order valence-corrected chi connectivity index (χ1v) is 9.03. The van der Waals surface area contributed by atoms with Crippen LogP contribution in [-0.4, -0.2) is 54.8 Å². The summed E-state index contributed by atoms with van der Waals surface area (Å²) >= 11 is 0. The van der Waals surface area contributed by atoms with Crippen LogP contribution in [0.25, 0.3) is 0 Å². The lowest BCUT2D eigenvalue weighted by Crippen LogP contribution is -2.45. The van der Waals surface area contributed by atoms with Crippen molar-refractivity contribution >= 4 is 5.91 Å². The van der Waals surface area contributed by atoms with E-state index in [1.165, 1.54) is 5.69 Å². The number of ether oxygens (including phenoxy) is 2. The molecule has 0 radical (unpaired) electrons. The maximum absolute atomic E-state index is 12.3. The quantitative estimate of drug-likeness (QED) is 0.822. The molecule has 1 amide bonds. The van der Waals surface area contributed by atoms with Crippen LogP contribution in [-0.2, 0) is 16.6 Å². The highest BCUT2D eigenvalue weighted by atomic mass is 16.5. The van der Waals surface area contributed by atoms with Crippen molar-refractivity contribution in [2.75, 3.05) is 39.5 Å². The topological polar surface area (TPSA) is 55.7 Å². The molecule has 3 rings (SSSR count). The van der Waals surface area contributed by atoms with E-state index in [1.807, 2.05) is 50.5 Å². The molecule has 1 aromatic carbocycles. The van der Waals surface area contributed by atoms with E-state index in [0.717, 1.165) is 37.6 Å². The lowest BCUT2D eigenvalue weighted by Gasteiger charge is -2.35. The Morgan fingerprint density at radius 1 is 1.23 bits per heavy atom. The van der Waals surface area contributed by atoms with Crippen LogP contribution in [0.15, 0.2) is 42.6 Å². The summed E-state index contributed by atoms with van der Waals surface area (Å²) in [5, 5.41) is 3.03. The summed E-state index contributed by atoms with van der Waals surface area (Å²) in [5.74, 6) is 0.635. The van der Waals surface area contributed by atoms with Crippen LogP contribution >= 0.6 is 0 Å². The predicted octanol–water partition coefficient (Wildman–Crippen LogP) is 1.90. The van der Waals surface area contributed by atoms with Gasteiger partial charge in [-0.2, -0.15) is 0 Å². The van der Waals surface area contributed by atoms with Crippen molar-refractivity contribution < 1.29 is 14.3 Å². The highest BCUT2D eigenvalue weighted by molar-refractivity contribution is 5.77. The van der Waals surface area contributed by atoms with Crippen molar-refractivity contribution in [3.05, 3.63) is 53.9 Å². The zero-order valence-corrected chi connectivity index (χ0v) is 15.5. The average molecular weight is 357 g/mol. The van der Waals surface area contributed by atoms with Crippen molar-refractivity contribution in [2.24, 2.45) is 7.05 Å². The summed E-state index contributed by atoms with van der Waals surface area (Å²) in [6, 6.07) is 12.0. The third kappa shape index (κ3) is 4.65. The summed E-state index contributed by atoms with van der Waals surface area (Å²) in [6.45, 7) is 5.73. The zero-order chi connectivity index (χ0) is 18.4. The van der Waals surface area contributed by atoms with Gasteiger partial charge in [0.15, 0.2) is 6.61 Å². The van der Waals surface area contributed by atoms with Gasteiger partial charge in [-0.25, -0.2) is 0 Å². The second-order valence-electron chi connectivity index (χ2n) is 6.57. The van der Waals surface area contributed by atoms with Gasteiger partial charge in [0, 0.05) is 38.6 Å². The van der Waals surface area contributed by atoms with Gasteiger partial charge in [0.25, 0.3) is 5.91 Å². The Labute approximate surface area is 154 Å². The first-order valence-electron chi connectivity index (χ1n) is 9.03. The highest BCUT2D eigenvalue weighted by Crippen LogP contribution is 2.21. The Hall–Kier alpha value is -2.31. The number of aromatic nitrogens is 1. The van der Waals surface area contributed by atoms with E-state index >= 15 is 0 Å². The van der Waals surface area contributed by atoms with E-state index < -0.39 is 0 Å². The fourth-order valence-corrected chi connectivity index (χ4v) is 3.25. The molecule has 1 atom stereocenters. The Morgan fingerprint density at radius 2 is 2.00 bits per heavy atom. The van der Waals surface area contributed by atoms with Crippen LogP contribution in [0.2, 0.25) is 0 Å². The smallest absolute Gasteiger partial charge is 0.258 e. The highest BCUT2D eigenvalue weighted by Gasteiger charge is 2.24. The molecule has 1 aromatic heterocycles. The molecule has 0 bridgehead atoms. The minimum atomic E-state index is -0.110. The SMILES string of the molecule is Cc1ccccc1OCC(=O)NCC(c1cccn1C)N1CCOCC1. The fraction of sp³-hybridized carbons (Fsp3) is 0.450. The zero-order valence-electron chi connectivity index (χ0n) is 15.5. The number of benzene rings is 1. The van der Waals surface area contributed by atoms with Crippen molar-refractivity contribution in [1.29, 1.82) is 0 Å². The van der Waals surface area contributed by atoms with Crippen LogP contribution in [0, 0.1) is 6.92 Å². The summed E-state index contributed by atoms with van der Waals surface area (Å²) in [5.41, 5.74) is 2.21. The van der Waals surface area contributed by atoms with Gasteiger partial charge in [-0.3, -0.25) is 9.69 Å². The van der Waals surface area contributed by atoms with Gasteiger partial charge in [-0.15, -0.1) is 0 Å². The molecule has 0 aliphatic carbocycles. The lowest BCUT2D eigenvalue weighted by molar-refractivity contribution is -0.123. The number of hydrogen-bond acceptors (Lipinski definition) is 4. The number of amides is 1. The number of morpholine rings is 1. The maximum atomic E-state index is 12.3. The number of nitrogens with one attached hydrogen (secondary N) is 1. The second-order valence-corrected chi connectivity index (χ2v) is 6.57. The number of carbonyl (C=O) groups is 1. The van der Waals surface area contributed by atoms with Gasteiger partial charge in [0.2, 0.25) is 0 Å².